The number of benzene rings is 2. The number of carbonyl (C=O) groups is 5. The average Bonchev–Trinajstić information content (AvgIpc) is 3.06. The summed E-state index contributed by atoms with van der Waals surface area (Å²) in [5.41, 5.74) is 4.14. The second kappa shape index (κ2) is 8.37. The first kappa shape index (κ1) is 21.4. The molecule has 8 nitrogen and oxygen atoms in total. The lowest BCUT2D eigenvalue weighted by atomic mass is 10.0. The molecular formula is C24H23N3O5. The van der Waals surface area contributed by atoms with E-state index in [2.05, 4.69) is 10.6 Å². The van der Waals surface area contributed by atoms with Crippen LogP contribution in [0.1, 0.15) is 55.8 Å². The van der Waals surface area contributed by atoms with Crippen LogP contribution in [-0.4, -0.2) is 40.4 Å². The molecule has 2 N–H and O–H groups in total. The number of piperidine rings is 1. The van der Waals surface area contributed by atoms with Gasteiger partial charge < -0.3 is 10.2 Å². The van der Waals surface area contributed by atoms with Crippen LogP contribution in [0.5, 0.6) is 0 Å². The highest BCUT2D eigenvalue weighted by atomic mass is 16.2. The highest BCUT2D eigenvalue weighted by Crippen LogP contribution is 2.28. The number of Topliss-reactive ketones (excluding diaryl/α,β-unsaturated/α-hetero) is 1. The zero-order valence-electron chi connectivity index (χ0n) is 17.9. The highest BCUT2D eigenvalue weighted by molar-refractivity contribution is 6.42. The maximum atomic E-state index is 12.7. The minimum Gasteiger partial charge on any atom is -0.345 e. The monoisotopic (exact) mass is 433 g/mol. The Labute approximate surface area is 185 Å². The van der Waals surface area contributed by atoms with Crippen LogP contribution in [0, 0.1) is 13.8 Å². The van der Waals surface area contributed by atoms with Gasteiger partial charge in [-0.15, -0.1) is 0 Å². The third kappa shape index (κ3) is 4.16. The van der Waals surface area contributed by atoms with E-state index in [9.17, 15) is 24.0 Å². The van der Waals surface area contributed by atoms with Crippen molar-refractivity contribution in [2.24, 2.45) is 0 Å². The molecule has 32 heavy (non-hydrogen) atoms. The Kier molecular flexibility index (Phi) is 5.61. The van der Waals surface area contributed by atoms with Gasteiger partial charge >= 0.3 is 0 Å². The van der Waals surface area contributed by atoms with E-state index in [4.69, 9.17) is 0 Å². The first-order chi connectivity index (χ1) is 15.2. The Hall–Kier alpha value is -3.81. The molecular weight excluding hydrogens is 410 g/mol. The van der Waals surface area contributed by atoms with Crippen LogP contribution in [0.3, 0.4) is 0 Å². The van der Waals surface area contributed by atoms with Crippen LogP contribution in [0.2, 0.25) is 0 Å². The third-order valence-corrected chi connectivity index (χ3v) is 5.73. The lowest BCUT2D eigenvalue weighted by Crippen LogP contribution is -2.52. The van der Waals surface area contributed by atoms with Crippen molar-refractivity contribution in [3.63, 3.8) is 0 Å². The zero-order valence-corrected chi connectivity index (χ0v) is 17.9. The third-order valence-electron chi connectivity index (χ3n) is 5.73. The summed E-state index contributed by atoms with van der Waals surface area (Å²) < 4.78 is 0. The number of fused-ring (bicyclic) bond motifs is 1. The van der Waals surface area contributed by atoms with Crippen LogP contribution in [0.4, 0.5) is 0 Å². The molecule has 0 saturated carbocycles. The molecule has 0 bridgehead atoms. The van der Waals surface area contributed by atoms with Gasteiger partial charge in [-0.1, -0.05) is 29.3 Å². The Balaban J connectivity index is 1.42. The van der Waals surface area contributed by atoms with Crippen molar-refractivity contribution >= 4 is 29.4 Å². The molecule has 1 saturated heterocycles. The van der Waals surface area contributed by atoms with Crippen LogP contribution in [0.25, 0.3) is 0 Å². The minimum atomic E-state index is -0.697. The molecule has 0 spiro atoms. The van der Waals surface area contributed by atoms with Gasteiger partial charge in [-0.2, -0.15) is 0 Å². The Morgan fingerprint density at radius 2 is 1.78 bits per heavy atom. The first-order valence-electron chi connectivity index (χ1n) is 10.4. The number of imide groups is 1. The van der Waals surface area contributed by atoms with Gasteiger partial charge in [-0.25, -0.2) is 0 Å². The fourth-order valence-electron chi connectivity index (χ4n) is 4.24. The van der Waals surface area contributed by atoms with Crippen LogP contribution < -0.4 is 10.6 Å². The highest BCUT2D eigenvalue weighted by Gasteiger charge is 2.39. The number of carbonyl (C=O) groups excluding carboxylic acids is 5. The number of amides is 4. The lowest BCUT2D eigenvalue weighted by Gasteiger charge is -2.29. The molecule has 2 aliphatic rings. The van der Waals surface area contributed by atoms with Gasteiger partial charge in [0.25, 0.3) is 11.8 Å². The van der Waals surface area contributed by atoms with E-state index in [0.717, 1.165) is 22.3 Å². The molecule has 2 aliphatic heterocycles. The molecule has 2 aromatic rings. The van der Waals surface area contributed by atoms with E-state index < -0.39 is 23.6 Å². The lowest BCUT2D eigenvalue weighted by molar-refractivity contribution is -0.137. The van der Waals surface area contributed by atoms with Crippen molar-refractivity contribution in [1.29, 1.82) is 0 Å². The van der Waals surface area contributed by atoms with E-state index in [1.54, 1.807) is 30.3 Å². The maximum absolute atomic E-state index is 12.7. The normalized spacial score (nSPS) is 17.8. The number of nitrogens with one attached hydrogen (secondary N) is 2. The molecule has 0 radical (unpaired) electrons. The number of aryl methyl sites for hydroxylation is 2. The summed E-state index contributed by atoms with van der Waals surface area (Å²) in [5.74, 6) is -2.34. The molecule has 4 rings (SSSR count). The Morgan fingerprint density at radius 3 is 2.47 bits per heavy atom. The van der Waals surface area contributed by atoms with Gasteiger partial charge in [-0.3, -0.25) is 29.3 Å². The summed E-state index contributed by atoms with van der Waals surface area (Å²) >= 11 is 0. The molecule has 1 unspecified atom stereocenters. The predicted octanol–water partition coefficient (Wildman–Crippen LogP) is 1.56. The number of nitrogens with zero attached hydrogens (tertiary/aromatic N) is 1. The van der Waals surface area contributed by atoms with Gasteiger partial charge in [-0.05, 0) is 49.6 Å². The van der Waals surface area contributed by atoms with E-state index in [1.807, 2.05) is 19.9 Å². The predicted molar refractivity (Wildman–Crippen MR) is 115 cm³/mol. The van der Waals surface area contributed by atoms with E-state index in [1.165, 1.54) is 4.90 Å². The average molecular weight is 433 g/mol. The molecule has 1 atom stereocenters. The van der Waals surface area contributed by atoms with Crippen LogP contribution >= 0.6 is 0 Å². The first-order valence-corrected chi connectivity index (χ1v) is 10.4. The molecule has 0 aromatic heterocycles. The molecule has 2 heterocycles. The number of rotatable bonds is 5. The molecule has 164 valence electrons. The van der Waals surface area contributed by atoms with Gasteiger partial charge in [0.05, 0.1) is 0 Å². The second-order valence-electron chi connectivity index (χ2n) is 8.28. The summed E-state index contributed by atoms with van der Waals surface area (Å²) in [6.45, 7) is 4.12. The summed E-state index contributed by atoms with van der Waals surface area (Å²) in [7, 11) is 0. The summed E-state index contributed by atoms with van der Waals surface area (Å²) in [5, 5.41) is 4.91. The standard InChI is InChI=1S/C24H23N3O5/c1-13-7-14(2)9-16(8-13)21(29)23(31)25-11-15-3-4-18-17(10-15)12-27(24(18)32)19-5-6-20(28)26-22(19)30/h3-4,7-10,19H,5-6,11-12H2,1-2H3,(H,25,31)(H,26,28,30). The van der Waals surface area contributed by atoms with Crippen LogP contribution in [-0.2, 0) is 27.5 Å². The minimum absolute atomic E-state index is 0.134. The topological polar surface area (TPSA) is 113 Å². The van der Waals surface area contributed by atoms with Gasteiger partial charge in [0.2, 0.25) is 17.6 Å². The van der Waals surface area contributed by atoms with Crippen molar-refractivity contribution in [2.45, 2.75) is 45.8 Å². The Bertz CT molecular complexity index is 1150. The smallest absolute Gasteiger partial charge is 0.292 e. The Morgan fingerprint density at radius 1 is 1.06 bits per heavy atom. The van der Waals surface area contributed by atoms with E-state index in [-0.39, 0.29) is 31.3 Å². The van der Waals surface area contributed by atoms with E-state index >= 15 is 0 Å². The molecule has 4 amide bonds. The van der Waals surface area contributed by atoms with Crippen molar-refractivity contribution in [2.75, 3.05) is 0 Å². The van der Waals surface area contributed by atoms with Crippen molar-refractivity contribution in [1.82, 2.24) is 15.5 Å². The number of hydrogen-bond donors (Lipinski definition) is 2. The molecule has 0 aliphatic carbocycles. The molecule has 2 aromatic carbocycles. The SMILES string of the molecule is Cc1cc(C)cc(C(=O)C(=O)NCc2ccc3c(c2)CN(C2CCC(=O)NC2=O)C3=O)c1. The zero-order chi connectivity index (χ0) is 23.0. The van der Waals surface area contributed by atoms with Crippen molar-refractivity contribution in [3.8, 4) is 0 Å². The summed E-state index contributed by atoms with van der Waals surface area (Å²) in [4.78, 5) is 62.6. The van der Waals surface area contributed by atoms with Gasteiger partial charge in [0.1, 0.15) is 6.04 Å². The number of hydrogen-bond acceptors (Lipinski definition) is 5. The quantitative estimate of drug-likeness (QED) is 0.422. The van der Waals surface area contributed by atoms with Crippen molar-refractivity contribution in [3.05, 3.63) is 69.8 Å². The second-order valence-corrected chi connectivity index (χ2v) is 8.28. The van der Waals surface area contributed by atoms with Gasteiger partial charge in [0.15, 0.2) is 0 Å². The van der Waals surface area contributed by atoms with Gasteiger partial charge in [0, 0.05) is 30.6 Å². The fraction of sp³-hybridized carbons (Fsp3) is 0.292. The largest absolute Gasteiger partial charge is 0.345 e. The van der Waals surface area contributed by atoms with Crippen LogP contribution in [0.15, 0.2) is 36.4 Å². The molecule has 1 fully saturated rings. The summed E-state index contributed by atoms with van der Waals surface area (Å²) in [6, 6.07) is 9.78. The van der Waals surface area contributed by atoms with Crippen molar-refractivity contribution < 1.29 is 24.0 Å². The summed E-state index contributed by atoms with van der Waals surface area (Å²) in [6.07, 6.45) is 0.496. The maximum Gasteiger partial charge on any atom is 0.292 e. The number of ketones is 1. The van der Waals surface area contributed by atoms with E-state index in [0.29, 0.717) is 17.5 Å². The molecule has 8 heteroatoms. The fourth-order valence-corrected chi connectivity index (χ4v) is 4.24.